The Hall–Kier alpha value is -2.12. The van der Waals surface area contributed by atoms with Gasteiger partial charge in [-0.25, -0.2) is 0 Å². The van der Waals surface area contributed by atoms with Crippen molar-refractivity contribution in [3.63, 3.8) is 0 Å². The maximum atomic E-state index is 11.9. The molecule has 7 nitrogen and oxygen atoms in total. The van der Waals surface area contributed by atoms with Gasteiger partial charge in [0.15, 0.2) is 5.96 Å². The SMILES string of the molecule is CN=C(NCCCNC(=O)c1ccccc1)NCCCOC1CCOC1. The highest BCUT2D eigenvalue weighted by atomic mass is 16.5. The molecular weight excluding hydrogens is 332 g/mol. The van der Waals surface area contributed by atoms with Crippen LogP contribution in [0.25, 0.3) is 0 Å². The van der Waals surface area contributed by atoms with E-state index in [1.54, 1.807) is 7.05 Å². The summed E-state index contributed by atoms with van der Waals surface area (Å²) in [4.78, 5) is 16.1. The van der Waals surface area contributed by atoms with Crippen molar-refractivity contribution < 1.29 is 14.3 Å². The Bertz CT molecular complexity index is 545. The maximum Gasteiger partial charge on any atom is 0.251 e. The predicted molar refractivity (Wildman–Crippen MR) is 103 cm³/mol. The summed E-state index contributed by atoms with van der Waals surface area (Å²) < 4.78 is 11.0. The third-order valence-corrected chi connectivity index (χ3v) is 4.05. The van der Waals surface area contributed by atoms with Crippen LogP contribution in [0.5, 0.6) is 0 Å². The van der Waals surface area contributed by atoms with Gasteiger partial charge in [-0.2, -0.15) is 0 Å². The van der Waals surface area contributed by atoms with Crippen LogP contribution in [0.2, 0.25) is 0 Å². The average Bonchev–Trinajstić information content (AvgIpc) is 3.20. The number of carbonyl (C=O) groups excluding carboxylic acids is 1. The zero-order valence-electron chi connectivity index (χ0n) is 15.5. The number of hydrogen-bond donors (Lipinski definition) is 3. The molecule has 1 fully saturated rings. The van der Waals surface area contributed by atoms with E-state index >= 15 is 0 Å². The Morgan fingerprint density at radius 1 is 1.15 bits per heavy atom. The smallest absolute Gasteiger partial charge is 0.251 e. The van der Waals surface area contributed by atoms with Crippen LogP contribution in [-0.2, 0) is 9.47 Å². The van der Waals surface area contributed by atoms with Crippen LogP contribution >= 0.6 is 0 Å². The van der Waals surface area contributed by atoms with Crippen LogP contribution in [0.15, 0.2) is 35.3 Å². The highest BCUT2D eigenvalue weighted by Crippen LogP contribution is 2.07. The molecule has 1 atom stereocenters. The standard InChI is InChI=1S/C19H30N4O3/c1-20-19(23-12-6-13-26-17-9-14-25-15-17)22-11-5-10-21-18(24)16-7-3-2-4-8-16/h2-4,7-8,17H,5-6,9-15H2,1H3,(H,21,24)(H2,20,22,23). The summed E-state index contributed by atoms with van der Waals surface area (Å²) in [6.45, 7) is 4.42. The van der Waals surface area contributed by atoms with Gasteiger partial charge >= 0.3 is 0 Å². The normalized spacial score (nSPS) is 17.1. The quantitative estimate of drug-likeness (QED) is 0.331. The molecule has 0 radical (unpaired) electrons. The number of nitrogens with zero attached hydrogens (tertiary/aromatic N) is 1. The molecule has 0 bridgehead atoms. The second-order valence-electron chi connectivity index (χ2n) is 6.11. The topological polar surface area (TPSA) is 84.0 Å². The summed E-state index contributed by atoms with van der Waals surface area (Å²) >= 11 is 0. The van der Waals surface area contributed by atoms with E-state index in [1.807, 2.05) is 30.3 Å². The molecule has 2 rings (SSSR count). The molecule has 1 unspecified atom stereocenters. The molecule has 1 aliphatic rings. The molecule has 1 aromatic rings. The van der Waals surface area contributed by atoms with Gasteiger partial charge in [0.25, 0.3) is 5.91 Å². The molecule has 7 heteroatoms. The lowest BCUT2D eigenvalue weighted by Crippen LogP contribution is -2.39. The highest BCUT2D eigenvalue weighted by Gasteiger charge is 2.15. The molecule has 0 aliphatic carbocycles. The van der Waals surface area contributed by atoms with Crippen molar-refractivity contribution in [2.75, 3.05) is 46.5 Å². The minimum Gasteiger partial charge on any atom is -0.379 e. The summed E-state index contributed by atoms with van der Waals surface area (Å²) in [5, 5.41) is 9.41. The number of hydrogen-bond acceptors (Lipinski definition) is 4. The number of ether oxygens (including phenoxy) is 2. The Morgan fingerprint density at radius 3 is 2.58 bits per heavy atom. The number of benzene rings is 1. The molecule has 144 valence electrons. The second kappa shape index (κ2) is 12.3. The fourth-order valence-electron chi connectivity index (χ4n) is 2.58. The van der Waals surface area contributed by atoms with E-state index in [0.717, 1.165) is 58.1 Å². The molecule has 26 heavy (non-hydrogen) atoms. The van der Waals surface area contributed by atoms with E-state index in [9.17, 15) is 4.79 Å². The van der Waals surface area contributed by atoms with Gasteiger partial charge in [-0.15, -0.1) is 0 Å². The highest BCUT2D eigenvalue weighted by molar-refractivity contribution is 5.94. The van der Waals surface area contributed by atoms with Gasteiger partial charge in [0.2, 0.25) is 0 Å². The largest absolute Gasteiger partial charge is 0.379 e. The van der Waals surface area contributed by atoms with Gasteiger partial charge < -0.3 is 25.4 Å². The number of nitrogens with one attached hydrogen (secondary N) is 3. The molecule has 1 aromatic carbocycles. The fourth-order valence-corrected chi connectivity index (χ4v) is 2.58. The molecule has 0 saturated carbocycles. The minimum absolute atomic E-state index is 0.0410. The first kappa shape index (κ1) is 20.2. The van der Waals surface area contributed by atoms with Crippen molar-refractivity contribution in [2.24, 2.45) is 4.99 Å². The number of amides is 1. The van der Waals surface area contributed by atoms with Gasteiger partial charge in [0, 0.05) is 45.5 Å². The molecule has 3 N–H and O–H groups in total. The molecule has 0 spiro atoms. The molecule has 1 saturated heterocycles. The van der Waals surface area contributed by atoms with Crippen LogP contribution in [-0.4, -0.2) is 64.5 Å². The Labute approximate surface area is 155 Å². The van der Waals surface area contributed by atoms with Crippen LogP contribution in [0.4, 0.5) is 0 Å². The van der Waals surface area contributed by atoms with Crippen molar-refractivity contribution in [2.45, 2.75) is 25.4 Å². The van der Waals surface area contributed by atoms with E-state index in [4.69, 9.17) is 9.47 Å². The van der Waals surface area contributed by atoms with Crippen molar-refractivity contribution in [3.8, 4) is 0 Å². The summed E-state index contributed by atoms with van der Waals surface area (Å²) in [7, 11) is 1.75. The van der Waals surface area contributed by atoms with E-state index in [-0.39, 0.29) is 12.0 Å². The van der Waals surface area contributed by atoms with Crippen LogP contribution < -0.4 is 16.0 Å². The number of aliphatic imine (C=N–C) groups is 1. The number of rotatable bonds is 10. The summed E-state index contributed by atoms with van der Waals surface area (Å²) in [6, 6.07) is 9.23. The number of guanidine groups is 1. The van der Waals surface area contributed by atoms with Crippen LogP contribution in [0, 0.1) is 0 Å². The third kappa shape index (κ3) is 7.84. The minimum atomic E-state index is -0.0410. The molecule has 0 aromatic heterocycles. The molecule has 1 aliphatic heterocycles. The second-order valence-corrected chi connectivity index (χ2v) is 6.11. The molecule has 1 amide bonds. The Morgan fingerprint density at radius 2 is 1.88 bits per heavy atom. The Balaban J connectivity index is 1.47. The summed E-state index contributed by atoms with van der Waals surface area (Å²) in [5.41, 5.74) is 0.685. The van der Waals surface area contributed by atoms with Gasteiger partial charge in [0.1, 0.15) is 0 Å². The van der Waals surface area contributed by atoms with E-state index in [0.29, 0.717) is 12.1 Å². The van der Waals surface area contributed by atoms with Gasteiger partial charge in [0.05, 0.1) is 12.7 Å². The van der Waals surface area contributed by atoms with Crippen molar-refractivity contribution >= 4 is 11.9 Å². The van der Waals surface area contributed by atoms with Gasteiger partial charge in [-0.05, 0) is 31.4 Å². The van der Waals surface area contributed by atoms with Gasteiger partial charge in [-0.1, -0.05) is 18.2 Å². The zero-order valence-corrected chi connectivity index (χ0v) is 15.5. The maximum absolute atomic E-state index is 11.9. The summed E-state index contributed by atoms with van der Waals surface area (Å²) in [5.74, 6) is 0.726. The monoisotopic (exact) mass is 362 g/mol. The van der Waals surface area contributed by atoms with Crippen LogP contribution in [0.1, 0.15) is 29.6 Å². The lowest BCUT2D eigenvalue weighted by molar-refractivity contribution is 0.0420. The fraction of sp³-hybridized carbons (Fsp3) is 0.579. The lowest BCUT2D eigenvalue weighted by Gasteiger charge is -2.13. The van der Waals surface area contributed by atoms with Crippen molar-refractivity contribution in [3.05, 3.63) is 35.9 Å². The third-order valence-electron chi connectivity index (χ3n) is 4.05. The van der Waals surface area contributed by atoms with Gasteiger partial charge in [-0.3, -0.25) is 9.79 Å². The first-order valence-electron chi connectivity index (χ1n) is 9.26. The Kier molecular flexibility index (Phi) is 9.53. The lowest BCUT2D eigenvalue weighted by atomic mass is 10.2. The van der Waals surface area contributed by atoms with Crippen molar-refractivity contribution in [1.82, 2.24) is 16.0 Å². The molecule has 1 heterocycles. The van der Waals surface area contributed by atoms with E-state index in [1.165, 1.54) is 0 Å². The van der Waals surface area contributed by atoms with Crippen LogP contribution in [0.3, 0.4) is 0 Å². The van der Waals surface area contributed by atoms with E-state index < -0.39 is 0 Å². The predicted octanol–water partition coefficient (Wildman–Crippen LogP) is 1.17. The first-order chi connectivity index (χ1) is 12.8. The van der Waals surface area contributed by atoms with Crippen molar-refractivity contribution in [1.29, 1.82) is 0 Å². The average molecular weight is 362 g/mol. The molecular formula is C19H30N4O3. The first-order valence-corrected chi connectivity index (χ1v) is 9.26. The zero-order chi connectivity index (χ0) is 18.5. The summed E-state index contributed by atoms with van der Waals surface area (Å²) in [6.07, 6.45) is 3.00. The number of carbonyl (C=O) groups is 1. The van der Waals surface area contributed by atoms with E-state index in [2.05, 4.69) is 20.9 Å².